The molecule has 0 fully saturated rings. The van der Waals surface area contributed by atoms with Crippen LogP contribution in [0.5, 0.6) is 0 Å². The van der Waals surface area contributed by atoms with Crippen LogP contribution in [-0.4, -0.2) is 29.9 Å². The molecule has 0 rings (SSSR count). The fourth-order valence-corrected chi connectivity index (χ4v) is 0.687. The van der Waals surface area contributed by atoms with E-state index in [0.29, 0.717) is 0 Å². The molecule has 0 radical (unpaired) electrons. The lowest BCUT2D eigenvalue weighted by Gasteiger charge is -2.03. The van der Waals surface area contributed by atoms with Gasteiger partial charge in [0.1, 0.15) is 0 Å². The Morgan fingerprint density at radius 1 is 1.38 bits per heavy atom. The highest BCUT2D eigenvalue weighted by atomic mass is 16.5. The fraction of sp³-hybridized carbons (Fsp3) is 0.625. The van der Waals surface area contributed by atoms with E-state index in [1.54, 1.807) is 0 Å². The van der Waals surface area contributed by atoms with Crippen LogP contribution in [0.2, 0.25) is 0 Å². The molecule has 0 amide bonds. The molecule has 13 heavy (non-hydrogen) atoms. The van der Waals surface area contributed by atoms with E-state index in [1.807, 2.05) is 0 Å². The van der Waals surface area contributed by atoms with Gasteiger partial charge in [-0.15, -0.1) is 0 Å². The summed E-state index contributed by atoms with van der Waals surface area (Å²) in [6.07, 6.45) is 0.0728. The summed E-state index contributed by atoms with van der Waals surface area (Å²) in [4.78, 5) is 31.7. The van der Waals surface area contributed by atoms with Crippen LogP contribution in [-0.2, 0) is 19.1 Å². The van der Waals surface area contributed by atoms with Gasteiger partial charge in [-0.2, -0.15) is 0 Å². The minimum absolute atomic E-state index is 0.0832. The third-order valence-corrected chi connectivity index (χ3v) is 1.64. The van der Waals surface area contributed by atoms with Gasteiger partial charge in [-0.05, 0) is 6.42 Å². The van der Waals surface area contributed by atoms with E-state index in [-0.39, 0.29) is 12.8 Å². The Morgan fingerprint density at radius 2 is 1.92 bits per heavy atom. The Bertz CT molecular complexity index is 221. The van der Waals surface area contributed by atoms with Crippen molar-refractivity contribution in [2.75, 3.05) is 7.11 Å². The van der Waals surface area contributed by atoms with Crippen LogP contribution in [0.25, 0.3) is 0 Å². The highest BCUT2D eigenvalue weighted by Gasteiger charge is 2.17. The van der Waals surface area contributed by atoms with E-state index in [0.717, 1.165) is 7.11 Å². The maximum atomic E-state index is 10.8. The van der Waals surface area contributed by atoms with Crippen LogP contribution in [0.1, 0.15) is 19.8 Å². The van der Waals surface area contributed by atoms with Crippen molar-refractivity contribution in [3.05, 3.63) is 0 Å². The zero-order valence-electron chi connectivity index (χ0n) is 7.57. The number of Topliss-reactive ketones (excluding diaryl/α,β-unsaturated/α-hetero) is 1. The van der Waals surface area contributed by atoms with Crippen LogP contribution >= 0.6 is 0 Å². The maximum absolute atomic E-state index is 10.8. The SMILES string of the molecule is COC(=O)C(=O)CC[C@H](C)C(=O)O. The lowest BCUT2D eigenvalue weighted by atomic mass is 10.0. The van der Waals surface area contributed by atoms with Gasteiger partial charge in [-0.3, -0.25) is 9.59 Å². The Balaban J connectivity index is 3.83. The van der Waals surface area contributed by atoms with Gasteiger partial charge >= 0.3 is 11.9 Å². The van der Waals surface area contributed by atoms with Crippen LogP contribution < -0.4 is 0 Å². The summed E-state index contributed by atoms with van der Waals surface area (Å²) in [5.74, 6) is -3.19. The highest BCUT2D eigenvalue weighted by Crippen LogP contribution is 2.06. The molecule has 0 saturated heterocycles. The highest BCUT2D eigenvalue weighted by molar-refractivity contribution is 6.33. The lowest BCUT2D eigenvalue weighted by molar-refractivity contribution is -0.152. The van der Waals surface area contributed by atoms with Gasteiger partial charge in [0.15, 0.2) is 0 Å². The van der Waals surface area contributed by atoms with E-state index >= 15 is 0 Å². The number of ether oxygens (including phenoxy) is 1. The number of esters is 1. The second-order valence-electron chi connectivity index (χ2n) is 2.69. The molecule has 0 heterocycles. The molecule has 1 N–H and O–H groups in total. The van der Waals surface area contributed by atoms with E-state index < -0.39 is 23.6 Å². The summed E-state index contributed by atoms with van der Waals surface area (Å²) in [6, 6.07) is 0. The van der Waals surface area contributed by atoms with Crippen molar-refractivity contribution in [2.45, 2.75) is 19.8 Å². The Morgan fingerprint density at radius 3 is 2.31 bits per heavy atom. The quantitative estimate of drug-likeness (QED) is 0.493. The van der Waals surface area contributed by atoms with Crippen LogP contribution in [0, 0.1) is 5.92 Å². The fourth-order valence-electron chi connectivity index (χ4n) is 0.687. The van der Waals surface area contributed by atoms with Gasteiger partial charge in [-0.25, -0.2) is 4.79 Å². The standard InChI is InChI=1S/C8H12O5/c1-5(7(10)11)3-4-6(9)8(12)13-2/h5H,3-4H2,1-2H3,(H,10,11)/t5-/m0/s1. The number of hydrogen-bond acceptors (Lipinski definition) is 4. The number of carbonyl (C=O) groups excluding carboxylic acids is 2. The average molecular weight is 188 g/mol. The molecule has 0 aliphatic carbocycles. The molecule has 0 saturated carbocycles. The zero-order valence-corrected chi connectivity index (χ0v) is 7.57. The first-order valence-corrected chi connectivity index (χ1v) is 3.83. The minimum Gasteiger partial charge on any atom is -0.481 e. The molecular weight excluding hydrogens is 176 g/mol. The Kier molecular flexibility index (Phi) is 4.72. The minimum atomic E-state index is -0.974. The van der Waals surface area contributed by atoms with Gasteiger partial charge in [-0.1, -0.05) is 6.92 Å². The van der Waals surface area contributed by atoms with E-state index in [1.165, 1.54) is 6.92 Å². The van der Waals surface area contributed by atoms with E-state index in [9.17, 15) is 14.4 Å². The molecular formula is C8H12O5. The Hall–Kier alpha value is -1.39. The first-order chi connectivity index (χ1) is 5.99. The number of aliphatic carboxylic acids is 1. The molecule has 0 aliphatic rings. The molecule has 0 unspecified atom stereocenters. The number of hydrogen-bond donors (Lipinski definition) is 1. The molecule has 5 nitrogen and oxygen atoms in total. The smallest absolute Gasteiger partial charge is 0.374 e. The van der Waals surface area contributed by atoms with Crippen molar-refractivity contribution < 1.29 is 24.2 Å². The van der Waals surface area contributed by atoms with Gasteiger partial charge in [0.25, 0.3) is 0 Å². The average Bonchev–Trinajstić information content (AvgIpc) is 2.11. The lowest BCUT2D eigenvalue weighted by Crippen LogP contribution is -2.18. The zero-order chi connectivity index (χ0) is 10.4. The summed E-state index contributed by atoms with van der Waals surface area (Å²) in [5, 5.41) is 8.46. The van der Waals surface area contributed by atoms with Crippen LogP contribution in [0.15, 0.2) is 0 Å². The largest absolute Gasteiger partial charge is 0.481 e. The summed E-state index contributed by atoms with van der Waals surface area (Å²) >= 11 is 0. The first kappa shape index (κ1) is 11.6. The summed E-state index contributed by atoms with van der Waals surface area (Å²) < 4.78 is 4.17. The van der Waals surface area contributed by atoms with Crippen molar-refractivity contribution >= 4 is 17.7 Å². The first-order valence-electron chi connectivity index (χ1n) is 3.83. The normalized spacial score (nSPS) is 11.8. The molecule has 0 aromatic heterocycles. The second kappa shape index (κ2) is 5.29. The number of rotatable bonds is 5. The summed E-state index contributed by atoms with van der Waals surface area (Å²) in [5.41, 5.74) is 0. The summed E-state index contributed by atoms with van der Waals surface area (Å²) in [7, 11) is 1.11. The third kappa shape index (κ3) is 4.25. The van der Waals surface area contributed by atoms with E-state index in [2.05, 4.69) is 4.74 Å². The van der Waals surface area contributed by atoms with E-state index in [4.69, 9.17) is 5.11 Å². The third-order valence-electron chi connectivity index (χ3n) is 1.64. The second-order valence-corrected chi connectivity index (χ2v) is 2.69. The maximum Gasteiger partial charge on any atom is 0.374 e. The summed E-state index contributed by atoms with van der Waals surface area (Å²) in [6.45, 7) is 1.48. The number of carbonyl (C=O) groups is 3. The van der Waals surface area contributed by atoms with Gasteiger partial charge in [0.05, 0.1) is 13.0 Å². The molecule has 5 heteroatoms. The molecule has 1 atom stereocenters. The predicted octanol–water partition coefficient (Wildman–Crippen LogP) is 0.229. The topological polar surface area (TPSA) is 80.7 Å². The van der Waals surface area contributed by atoms with Gasteiger partial charge in [0, 0.05) is 6.42 Å². The monoisotopic (exact) mass is 188 g/mol. The molecule has 0 bridgehead atoms. The number of carboxylic acids is 1. The van der Waals surface area contributed by atoms with Crippen LogP contribution in [0.4, 0.5) is 0 Å². The van der Waals surface area contributed by atoms with Crippen molar-refractivity contribution in [1.29, 1.82) is 0 Å². The van der Waals surface area contributed by atoms with Gasteiger partial charge < -0.3 is 9.84 Å². The van der Waals surface area contributed by atoms with Crippen molar-refractivity contribution in [3.63, 3.8) is 0 Å². The van der Waals surface area contributed by atoms with Gasteiger partial charge in [0.2, 0.25) is 5.78 Å². The molecule has 0 aromatic carbocycles. The van der Waals surface area contributed by atoms with Crippen molar-refractivity contribution in [3.8, 4) is 0 Å². The van der Waals surface area contributed by atoms with Crippen molar-refractivity contribution in [2.24, 2.45) is 5.92 Å². The molecule has 0 aromatic rings. The Labute approximate surface area is 75.7 Å². The number of ketones is 1. The van der Waals surface area contributed by atoms with Crippen LogP contribution in [0.3, 0.4) is 0 Å². The molecule has 0 spiro atoms. The molecule has 74 valence electrons. The number of carboxylic acid groups (broad SMARTS) is 1. The predicted molar refractivity (Wildman–Crippen MR) is 43.1 cm³/mol. The number of methoxy groups -OCH3 is 1. The molecule has 0 aliphatic heterocycles. The van der Waals surface area contributed by atoms with Crippen molar-refractivity contribution in [1.82, 2.24) is 0 Å².